The van der Waals surface area contributed by atoms with E-state index in [1.165, 1.54) is 0 Å². The Kier molecular flexibility index (Phi) is 11.8. The maximum atomic E-state index is 12.3. The molecule has 1 radical (unpaired) electrons. The summed E-state index contributed by atoms with van der Waals surface area (Å²) < 4.78 is 5.25. The molecule has 7 heteroatoms. The summed E-state index contributed by atoms with van der Waals surface area (Å²) in [5, 5.41) is 15.5. The lowest BCUT2D eigenvalue weighted by molar-refractivity contribution is -0.132. The summed E-state index contributed by atoms with van der Waals surface area (Å²) in [6.45, 7) is 11.0. The highest BCUT2D eigenvalue weighted by molar-refractivity contribution is 5.95. The third-order valence-electron chi connectivity index (χ3n) is 4.60. The molecule has 3 N–H and O–H groups in total. The van der Waals surface area contributed by atoms with E-state index in [0.717, 1.165) is 5.56 Å². The predicted molar refractivity (Wildman–Crippen MR) is 130 cm³/mol. The molecule has 1 rings (SSSR count). The van der Waals surface area contributed by atoms with E-state index in [1.54, 1.807) is 20.8 Å². The third kappa shape index (κ3) is 13.5. The van der Waals surface area contributed by atoms with Gasteiger partial charge in [-0.25, -0.2) is 4.79 Å². The molecule has 0 aliphatic heterocycles. The van der Waals surface area contributed by atoms with Crippen molar-refractivity contribution in [3.8, 4) is 0 Å². The van der Waals surface area contributed by atoms with Crippen LogP contribution in [0.2, 0.25) is 0 Å². The smallest absolute Gasteiger partial charge is 0.407 e. The van der Waals surface area contributed by atoms with Crippen molar-refractivity contribution < 1.29 is 24.2 Å². The standard InChI is InChI=1S/C26H39N2O5/c1-18(2)15-21(27-25(32)33-26(4,5)6)22(29)17-24(31)28-23(30)16-19(3)11-10-14-20-12-8-7-9-13-20/h7-14,18-19,21-22,29H,15-17H2,1-6H3,(H,27,32)(H,28,30,31)/b14-10+/t19-,21-,22-/m0/s1. The van der Waals surface area contributed by atoms with Gasteiger partial charge in [0.1, 0.15) is 5.60 Å². The second-order valence-corrected chi connectivity index (χ2v) is 9.77. The topological polar surface area (TPSA) is 105 Å². The molecule has 3 atom stereocenters. The molecule has 0 aliphatic carbocycles. The van der Waals surface area contributed by atoms with Gasteiger partial charge in [0, 0.05) is 6.42 Å². The van der Waals surface area contributed by atoms with E-state index in [9.17, 15) is 19.5 Å². The van der Waals surface area contributed by atoms with Crippen LogP contribution in [0.25, 0.3) is 6.08 Å². The minimum Gasteiger partial charge on any atom is -0.444 e. The molecule has 0 bridgehead atoms. The van der Waals surface area contributed by atoms with E-state index in [-0.39, 0.29) is 24.7 Å². The van der Waals surface area contributed by atoms with Gasteiger partial charge in [-0.3, -0.25) is 14.9 Å². The van der Waals surface area contributed by atoms with Crippen LogP contribution in [0.1, 0.15) is 66.4 Å². The van der Waals surface area contributed by atoms with Crippen LogP contribution in [-0.2, 0) is 14.3 Å². The fraction of sp³-hybridized carbons (Fsp3) is 0.538. The molecule has 33 heavy (non-hydrogen) atoms. The van der Waals surface area contributed by atoms with Crippen LogP contribution in [0.5, 0.6) is 0 Å². The summed E-state index contributed by atoms with van der Waals surface area (Å²) in [5.41, 5.74) is 0.385. The van der Waals surface area contributed by atoms with Crippen molar-refractivity contribution in [2.75, 3.05) is 0 Å². The first-order valence-electron chi connectivity index (χ1n) is 11.4. The van der Waals surface area contributed by atoms with E-state index in [4.69, 9.17) is 4.74 Å². The highest BCUT2D eigenvalue weighted by Crippen LogP contribution is 2.14. The van der Waals surface area contributed by atoms with Gasteiger partial charge in [-0.1, -0.05) is 63.3 Å². The number of carbonyl (C=O) groups is 3. The van der Waals surface area contributed by atoms with Crippen LogP contribution in [0.15, 0.2) is 36.4 Å². The minimum atomic E-state index is -1.15. The number of allylic oxidation sites excluding steroid dienone is 1. The van der Waals surface area contributed by atoms with Crippen molar-refractivity contribution in [3.05, 3.63) is 48.4 Å². The van der Waals surface area contributed by atoms with Gasteiger partial charge >= 0.3 is 6.09 Å². The number of alkyl carbamates (subject to hydrolysis) is 1. The van der Waals surface area contributed by atoms with Gasteiger partial charge in [-0.05, 0) is 51.0 Å². The van der Waals surface area contributed by atoms with Gasteiger partial charge in [0.05, 0.1) is 18.6 Å². The quantitative estimate of drug-likeness (QED) is 0.459. The van der Waals surface area contributed by atoms with Crippen LogP contribution in [-0.4, -0.2) is 40.8 Å². The van der Waals surface area contributed by atoms with E-state index < -0.39 is 35.7 Å². The first kappa shape index (κ1) is 28.4. The Morgan fingerprint density at radius 1 is 1.03 bits per heavy atom. The molecule has 183 valence electrons. The number of nitrogens with one attached hydrogen (secondary N) is 2. The normalized spacial score (nSPS) is 14.5. The summed E-state index contributed by atoms with van der Waals surface area (Å²) in [6.07, 6.45) is 4.23. The van der Waals surface area contributed by atoms with E-state index in [2.05, 4.69) is 10.6 Å². The first-order chi connectivity index (χ1) is 15.4. The van der Waals surface area contributed by atoms with Crippen molar-refractivity contribution in [2.24, 2.45) is 11.8 Å². The number of hydrogen-bond donors (Lipinski definition) is 3. The van der Waals surface area contributed by atoms with E-state index >= 15 is 0 Å². The van der Waals surface area contributed by atoms with Crippen LogP contribution in [0.4, 0.5) is 4.79 Å². The summed E-state index contributed by atoms with van der Waals surface area (Å²) in [4.78, 5) is 36.6. The number of aliphatic hydroxyl groups excluding tert-OH is 1. The number of imide groups is 1. The summed E-state index contributed by atoms with van der Waals surface area (Å²) in [7, 11) is 0. The molecule has 0 unspecified atom stereocenters. The molecule has 1 aromatic carbocycles. The molecule has 0 heterocycles. The number of aliphatic hydroxyl groups is 1. The lowest BCUT2D eigenvalue weighted by Gasteiger charge is -2.27. The molecule has 0 saturated heterocycles. The van der Waals surface area contributed by atoms with Crippen molar-refractivity contribution in [3.63, 3.8) is 0 Å². The van der Waals surface area contributed by atoms with Gasteiger partial charge in [0.25, 0.3) is 0 Å². The Hall–Kier alpha value is -2.67. The molecule has 1 aromatic rings. The van der Waals surface area contributed by atoms with Gasteiger partial charge < -0.3 is 15.2 Å². The average Bonchev–Trinajstić information content (AvgIpc) is 2.66. The second kappa shape index (κ2) is 13.8. The molecule has 7 nitrogen and oxygen atoms in total. The number of ether oxygens (including phenoxy) is 1. The van der Waals surface area contributed by atoms with Crippen LogP contribution in [0, 0.1) is 18.3 Å². The fourth-order valence-electron chi connectivity index (χ4n) is 3.15. The van der Waals surface area contributed by atoms with Gasteiger partial charge in [0.15, 0.2) is 0 Å². The Bertz CT molecular complexity index is 784. The monoisotopic (exact) mass is 459 g/mol. The Balaban J connectivity index is 2.51. The zero-order valence-electron chi connectivity index (χ0n) is 20.6. The van der Waals surface area contributed by atoms with Crippen LogP contribution in [0.3, 0.4) is 0 Å². The number of carbonyl (C=O) groups excluding carboxylic acids is 3. The van der Waals surface area contributed by atoms with Crippen molar-refractivity contribution in [1.82, 2.24) is 10.6 Å². The lowest BCUT2D eigenvalue weighted by Crippen LogP contribution is -2.48. The van der Waals surface area contributed by atoms with E-state index in [1.807, 2.05) is 69.7 Å². The molecular formula is C26H39N2O5. The van der Waals surface area contributed by atoms with Crippen molar-refractivity contribution in [2.45, 2.75) is 78.6 Å². The highest BCUT2D eigenvalue weighted by Gasteiger charge is 2.27. The number of benzene rings is 1. The van der Waals surface area contributed by atoms with Gasteiger partial charge in [-0.15, -0.1) is 0 Å². The van der Waals surface area contributed by atoms with E-state index in [0.29, 0.717) is 6.42 Å². The number of rotatable bonds is 11. The van der Waals surface area contributed by atoms with Crippen molar-refractivity contribution >= 4 is 24.0 Å². The van der Waals surface area contributed by atoms with Gasteiger partial charge in [0.2, 0.25) is 11.8 Å². The summed E-state index contributed by atoms with van der Waals surface area (Å²) in [6, 6.07) is 9.14. The molecule has 0 aromatic heterocycles. The first-order valence-corrected chi connectivity index (χ1v) is 11.4. The maximum absolute atomic E-state index is 12.3. The van der Waals surface area contributed by atoms with Gasteiger partial charge in [-0.2, -0.15) is 0 Å². The largest absolute Gasteiger partial charge is 0.444 e. The third-order valence-corrected chi connectivity index (χ3v) is 4.60. The Morgan fingerprint density at radius 2 is 1.64 bits per heavy atom. The lowest BCUT2D eigenvalue weighted by atomic mass is 9.97. The second-order valence-electron chi connectivity index (χ2n) is 9.77. The average molecular weight is 460 g/mol. The number of amides is 3. The summed E-state index contributed by atoms with van der Waals surface area (Å²) >= 11 is 0. The molecule has 0 fully saturated rings. The van der Waals surface area contributed by atoms with Crippen molar-refractivity contribution in [1.29, 1.82) is 0 Å². The zero-order chi connectivity index (χ0) is 25.0. The minimum absolute atomic E-state index is 0.0646. The van der Waals surface area contributed by atoms with Crippen LogP contribution < -0.4 is 10.6 Å². The summed E-state index contributed by atoms with van der Waals surface area (Å²) in [5.74, 6) is -0.890. The molecular weight excluding hydrogens is 420 g/mol. The highest BCUT2D eigenvalue weighted by atomic mass is 16.6. The molecule has 0 aliphatic rings. The SMILES string of the molecule is CC(C)C[C@H](NC(=O)OC(C)(C)C)[C@@H](O)CC(=O)NC(=O)C[C@@H](C)[CH]/C=C/c1ccccc1. The molecule has 0 spiro atoms. The Labute approximate surface area is 198 Å². The maximum Gasteiger partial charge on any atom is 0.407 e. The fourth-order valence-corrected chi connectivity index (χ4v) is 3.15. The zero-order valence-corrected chi connectivity index (χ0v) is 20.6. The molecule has 0 saturated carbocycles. The Morgan fingerprint density at radius 3 is 2.21 bits per heavy atom. The van der Waals surface area contributed by atoms with Crippen LogP contribution >= 0.6 is 0 Å². The number of hydrogen-bond acceptors (Lipinski definition) is 5. The molecule has 3 amide bonds. The predicted octanol–water partition coefficient (Wildman–Crippen LogP) is 4.26.